The Morgan fingerprint density at radius 1 is 1.50 bits per heavy atom. The predicted octanol–water partition coefficient (Wildman–Crippen LogP) is 0.744. The van der Waals surface area contributed by atoms with E-state index in [9.17, 15) is 0 Å². The van der Waals surface area contributed by atoms with Crippen molar-refractivity contribution in [2.45, 2.75) is 19.4 Å². The van der Waals surface area contributed by atoms with Gasteiger partial charge in [-0.15, -0.1) is 0 Å². The lowest BCUT2D eigenvalue weighted by molar-refractivity contribution is -0.00705. The monoisotopic (exact) mass is 173 g/mol. The number of rotatable bonds is 3. The first-order valence-electron chi connectivity index (χ1n) is 4.71. The molecule has 1 heterocycles. The van der Waals surface area contributed by atoms with E-state index in [-0.39, 0.29) is 0 Å². The lowest BCUT2D eigenvalue weighted by atomic mass is 10.2. The van der Waals surface area contributed by atoms with Gasteiger partial charge in [-0.2, -0.15) is 0 Å². The van der Waals surface area contributed by atoms with Gasteiger partial charge in [0.2, 0.25) is 0 Å². The van der Waals surface area contributed by atoms with Crippen LogP contribution in [0.25, 0.3) is 0 Å². The SMILES string of the molecule is CCOCC1CCN(C)CCO1. The Hall–Kier alpha value is -0.120. The summed E-state index contributed by atoms with van der Waals surface area (Å²) in [6, 6.07) is 0. The summed E-state index contributed by atoms with van der Waals surface area (Å²) < 4.78 is 10.9. The third kappa shape index (κ3) is 3.52. The molecule has 0 N–H and O–H groups in total. The third-order valence-electron chi connectivity index (χ3n) is 2.17. The lowest BCUT2D eigenvalue weighted by Crippen LogP contribution is -2.21. The maximum atomic E-state index is 5.61. The second-order valence-electron chi connectivity index (χ2n) is 3.24. The fourth-order valence-corrected chi connectivity index (χ4v) is 1.32. The summed E-state index contributed by atoms with van der Waals surface area (Å²) in [5.41, 5.74) is 0. The van der Waals surface area contributed by atoms with E-state index in [2.05, 4.69) is 11.9 Å². The van der Waals surface area contributed by atoms with Crippen molar-refractivity contribution in [2.75, 3.05) is 40.0 Å². The number of nitrogens with zero attached hydrogens (tertiary/aromatic N) is 1. The zero-order valence-corrected chi connectivity index (χ0v) is 8.08. The molecule has 0 saturated carbocycles. The van der Waals surface area contributed by atoms with E-state index < -0.39 is 0 Å². The number of ether oxygens (including phenoxy) is 2. The summed E-state index contributed by atoms with van der Waals surface area (Å²) in [5.74, 6) is 0. The van der Waals surface area contributed by atoms with Crippen molar-refractivity contribution < 1.29 is 9.47 Å². The minimum atomic E-state index is 0.315. The van der Waals surface area contributed by atoms with Crippen LogP contribution in [0.15, 0.2) is 0 Å². The zero-order valence-electron chi connectivity index (χ0n) is 8.08. The average Bonchev–Trinajstić information content (AvgIpc) is 2.27. The Kier molecular flexibility index (Phi) is 4.58. The highest BCUT2D eigenvalue weighted by atomic mass is 16.5. The molecule has 0 spiro atoms. The smallest absolute Gasteiger partial charge is 0.0821 e. The number of hydrogen-bond acceptors (Lipinski definition) is 3. The number of likely N-dealkylation sites (N-methyl/N-ethyl adjacent to an activating group) is 1. The summed E-state index contributed by atoms with van der Waals surface area (Å²) in [6.07, 6.45) is 1.41. The zero-order chi connectivity index (χ0) is 8.81. The normalized spacial score (nSPS) is 27.0. The van der Waals surface area contributed by atoms with Gasteiger partial charge in [0.15, 0.2) is 0 Å². The quantitative estimate of drug-likeness (QED) is 0.628. The molecule has 1 aliphatic rings. The molecule has 0 aromatic heterocycles. The van der Waals surface area contributed by atoms with Crippen LogP contribution in [0.1, 0.15) is 13.3 Å². The van der Waals surface area contributed by atoms with Crippen LogP contribution in [0, 0.1) is 0 Å². The first-order chi connectivity index (χ1) is 5.83. The van der Waals surface area contributed by atoms with Gasteiger partial charge >= 0.3 is 0 Å². The molecule has 12 heavy (non-hydrogen) atoms. The summed E-state index contributed by atoms with van der Waals surface area (Å²) in [6.45, 7) is 6.57. The highest BCUT2D eigenvalue weighted by molar-refractivity contribution is 4.65. The van der Waals surface area contributed by atoms with Gasteiger partial charge in [-0.1, -0.05) is 0 Å². The molecule has 1 aliphatic heterocycles. The van der Waals surface area contributed by atoms with Crippen LogP contribution in [0.5, 0.6) is 0 Å². The first-order valence-corrected chi connectivity index (χ1v) is 4.71. The summed E-state index contributed by atoms with van der Waals surface area (Å²) in [5, 5.41) is 0. The van der Waals surface area contributed by atoms with E-state index in [4.69, 9.17) is 9.47 Å². The van der Waals surface area contributed by atoms with Gasteiger partial charge in [-0.3, -0.25) is 0 Å². The Labute approximate surface area is 74.6 Å². The highest BCUT2D eigenvalue weighted by Gasteiger charge is 2.14. The van der Waals surface area contributed by atoms with Crippen molar-refractivity contribution in [1.82, 2.24) is 4.90 Å². The van der Waals surface area contributed by atoms with Gasteiger partial charge in [-0.25, -0.2) is 0 Å². The van der Waals surface area contributed by atoms with E-state index in [1.807, 2.05) is 6.92 Å². The maximum Gasteiger partial charge on any atom is 0.0821 e. The Bertz CT molecular complexity index is 117. The average molecular weight is 173 g/mol. The summed E-state index contributed by atoms with van der Waals surface area (Å²) >= 11 is 0. The van der Waals surface area contributed by atoms with Crippen LogP contribution in [-0.4, -0.2) is 51.0 Å². The van der Waals surface area contributed by atoms with Gasteiger partial charge in [0, 0.05) is 19.7 Å². The van der Waals surface area contributed by atoms with Gasteiger partial charge in [0.25, 0.3) is 0 Å². The summed E-state index contributed by atoms with van der Waals surface area (Å²) in [7, 11) is 2.13. The molecule has 0 aliphatic carbocycles. The van der Waals surface area contributed by atoms with Crippen molar-refractivity contribution in [1.29, 1.82) is 0 Å². The standard InChI is InChI=1S/C9H19NO2/c1-3-11-8-9-4-5-10(2)6-7-12-9/h9H,3-8H2,1-2H3. The molecule has 1 fully saturated rings. The largest absolute Gasteiger partial charge is 0.379 e. The van der Waals surface area contributed by atoms with Crippen molar-refractivity contribution in [3.63, 3.8) is 0 Å². The molecule has 3 nitrogen and oxygen atoms in total. The molecule has 1 atom stereocenters. The second-order valence-corrected chi connectivity index (χ2v) is 3.24. The van der Waals surface area contributed by atoms with Crippen molar-refractivity contribution in [2.24, 2.45) is 0 Å². The fraction of sp³-hybridized carbons (Fsp3) is 1.00. The molecule has 0 amide bonds. The summed E-state index contributed by atoms with van der Waals surface area (Å²) in [4.78, 5) is 2.30. The molecule has 0 aromatic carbocycles. The second kappa shape index (κ2) is 5.51. The van der Waals surface area contributed by atoms with Crippen LogP contribution in [-0.2, 0) is 9.47 Å². The van der Waals surface area contributed by atoms with E-state index >= 15 is 0 Å². The topological polar surface area (TPSA) is 21.7 Å². The third-order valence-corrected chi connectivity index (χ3v) is 2.17. The van der Waals surface area contributed by atoms with Gasteiger partial charge in [0.1, 0.15) is 0 Å². The molecule has 72 valence electrons. The van der Waals surface area contributed by atoms with Crippen molar-refractivity contribution >= 4 is 0 Å². The molecular weight excluding hydrogens is 154 g/mol. The van der Waals surface area contributed by atoms with Gasteiger partial charge in [-0.05, 0) is 20.4 Å². The van der Waals surface area contributed by atoms with Gasteiger partial charge in [0.05, 0.1) is 19.3 Å². The van der Waals surface area contributed by atoms with Crippen LogP contribution >= 0.6 is 0 Å². The molecule has 1 saturated heterocycles. The number of hydrogen-bond donors (Lipinski definition) is 0. The first kappa shape index (κ1) is 9.96. The van der Waals surface area contributed by atoms with Crippen molar-refractivity contribution in [3.8, 4) is 0 Å². The molecule has 0 bridgehead atoms. The Balaban J connectivity index is 2.17. The Morgan fingerprint density at radius 3 is 3.08 bits per heavy atom. The molecule has 0 radical (unpaired) electrons. The van der Waals surface area contributed by atoms with E-state index in [1.54, 1.807) is 0 Å². The molecule has 1 unspecified atom stereocenters. The lowest BCUT2D eigenvalue weighted by Gasteiger charge is -2.13. The van der Waals surface area contributed by atoms with E-state index in [0.717, 1.165) is 39.3 Å². The highest BCUT2D eigenvalue weighted by Crippen LogP contribution is 2.05. The van der Waals surface area contributed by atoms with Crippen LogP contribution in [0.3, 0.4) is 0 Å². The predicted molar refractivity (Wildman–Crippen MR) is 48.3 cm³/mol. The van der Waals surface area contributed by atoms with Crippen LogP contribution in [0.2, 0.25) is 0 Å². The molecule has 0 aromatic rings. The maximum absolute atomic E-state index is 5.61. The minimum absolute atomic E-state index is 0.315. The minimum Gasteiger partial charge on any atom is -0.379 e. The van der Waals surface area contributed by atoms with E-state index in [0.29, 0.717) is 6.10 Å². The Morgan fingerprint density at radius 2 is 2.33 bits per heavy atom. The molecule has 3 heteroatoms. The molecule has 1 rings (SSSR count). The van der Waals surface area contributed by atoms with Crippen LogP contribution in [0.4, 0.5) is 0 Å². The van der Waals surface area contributed by atoms with E-state index in [1.165, 1.54) is 0 Å². The molecular formula is C9H19NO2. The van der Waals surface area contributed by atoms with Gasteiger partial charge < -0.3 is 14.4 Å². The van der Waals surface area contributed by atoms with Crippen molar-refractivity contribution in [3.05, 3.63) is 0 Å². The van der Waals surface area contributed by atoms with Crippen LogP contribution < -0.4 is 0 Å². The fourth-order valence-electron chi connectivity index (χ4n) is 1.32.